The maximum Gasteiger partial charge on any atom is 0.162 e. The normalized spacial score (nSPS) is 15.9. The van der Waals surface area contributed by atoms with E-state index in [0.29, 0.717) is 0 Å². The van der Waals surface area contributed by atoms with E-state index < -0.39 is 5.60 Å². The van der Waals surface area contributed by atoms with Gasteiger partial charge in [-0.2, -0.15) is 5.10 Å². The van der Waals surface area contributed by atoms with E-state index in [4.69, 9.17) is 4.98 Å². The van der Waals surface area contributed by atoms with Crippen molar-refractivity contribution in [2.45, 2.75) is 18.4 Å². The van der Waals surface area contributed by atoms with Crippen molar-refractivity contribution in [1.82, 2.24) is 24.9 Å². The van der Waals surface area contributed by atoms with Gasteiger partial charge in [-0.05, 0) is 54.8 Å². The van der Waals surface area contributed by atoms with Crippen molar-refractivity contribution < 1.29 is 5.11 Å². The average Bonchev–Trinajstić information content (AvgIpc) is 3.27. The molecular weight excluding hydrogens is 398 g/mol. The second kappa shape index (κ2) is 7.51. The Morgan fingerprint density at radius 1 is 0.844 bits per heavy atom. The molecular formula is C26H23N5O. The molecule has 0 aliphatic carbocycles. The zero-order valence-corrected chi connectivity index (χ0v) is 17.6. The molecule has 1 saturated heterocycles. The summed E-state index contributed by atoms with van der Waals surface area (Å²) in [6, 6.07) is 18.3. The minimum absolute atomic E-state index is 0.736. The summed E-state index contributed by atoms with van der Waals surface area (Å²) in [5.74, 6) is 0. The first kappa shape index (κ1) is 19.1. The Morgan fingerprint density at radius 2 is 1.66 bits per heavy atom. The van der Waals surface area contributed by atoms with E-state index in [1.54, 1.807) is 0 Å². The number of hydrogen-bond donors (Lipinski definition) is 2. The second-order valence-corrected chi connectivity index (χ2v) is 8.40. The van der Waals surface area contributed by atoms with Gasteiger partial charge in [0.1, 0.15) is 0 Å². The van der Waals surface area contributed by atoms with Crippen LogP contribution in [0.2, 0.25) is 0 Å². The Balaban J connectivity index is 1.36. The van der Waals surface area contributed by atoms with Gasteiger partial charge in [0.25, 0.3) is 0 Å². The van der Waals surface area contributed by atoms with Gasteiger partial charge < -0.3 is 10.4 Å². The molecule has 1 aliphatic rings. The van der Waals surface area contributed by atoms with Gasteiger partial charge in [-0.1, -0.05) is 42.5 Å². The van der Waals surface area contributed by atoms with Gasteiger partial charge in [0.15, 0.2) is 5.65 Å². The fourth-order valence-corrected chi connectivity index (χ4v) is 4.65. The number of rotatable bonds is 3. The summed E-state index contributed by atoms with van der Waals surface area (Å²) in [6.45, 7) is 1.68. The van der Waals surface area contributed by atoms with Crippen LogP contribution in [0.4, 0.5) is 0 Å². The number of piperidine rings is 1. The SMILES string of the molecule is OC1(c2ccc(-c3cnc4c(-c5ccnc6ccccc56)cnn4c3)cc2)CCNCC1. The molecule has 1 aliphatic heterocycles. The summed E-state index contributed by atoms with van der Waals surface area (Å²) in [4.78, 5) is 9.21. The molecule has 4 heterocycles. The van der Waals surface area contributed by atoms with E-state index in [2.05, 4.69) is 33.6 Å². The predicted octanol–water partition coefficient (Wildman–Crippen LogP) is 4.18. The first-order valence-electron chi connectivity index (χ1n) is 10.9. The number of para-hydroxylation sites is 1. The van der Waals surface area contributed by atoms with Crippen LogP contribution in [0.1, 0.15) is 18.4 Å². The van der Waals surface area contributed by atoms with Crippen LogP contribution in [0.5, 0.6) is 0 Å². The standard InChI is InChI=1S/C26H23N5O/c32-26(10-13-27-14-11-26)20-7-5-18(6-8-20)19-15-29-25-23(16-30-31(25)17-19)21-9-12-28-24-4-2-1-3-22(21)24/h1-9,12,15-17,27,32H,10-11,13-14H2. The lowest BCUT2D eigenvalue weighted by Gasteiger charge is -2.33. The highest BCUT2D eigenvalue weighted by atomic mass is 16.3. The van der Waals surface area contributed by atoms with Crippen LogP contribution in [-0.2, 0) is 5.60 Å². The molecule has 6 nitrogen and oxygen atoms in total. The lowest BCUT2D eigenvalue weighted by Crippen LogP contribution is -2.39. The van der Waals surface area contributed by atoms with E-state index in [1.165, 1.54) is 0 Å². The molecule has 0 atom stereocenters. The molecule has 0 radical (unpaired) electrons. The van der Waals surface area contributed by atoms with Crippen molar-refractivity contribution in [1.29, 1.82) is 0 Å². The van der Waals surface area contributed by atoms with Gasteiger partial charge in [-0.3, -0.25) is 4.98 Å². The third-order valence-corrected chi connectivity index (χ3v) is 6.48. The van der Waals surface area contributed by atoms with Crippen LogP contribution in [-0.4, -0.2) is 37.8 Å². The molecule has 6 heteroatoms. The van der Waals surface area contributed by atoms with E-state index in [1.807, 2.05) is 65.7 Å². The monoisotopic (exact) mass is 421 g/mol. The van der Waals surface area contributed by atoms with Gasteiger partial charge in [0, 0.05) is 35.1 Å². The molecule has 3 aromatic heterocycles. The second-order valence-electron chi connectivity index (χ2n) is 8.40. The zero-order chi connectivity index (χ0) is 21.5. The number of benzene rings is 2. The van der Waals surface area contributed by atoms with Crippen molar-refractivity contribution in [3.8, 4) is 22.3 Å². The predicted molar refractivity (Wildman–Crippen MR) is 125 cm³/mol. The molecule has 0 amide bonds. The Bertz CT molecular complexity index is 1410. The molecule has 0 spiro atoms. The lowest BCUT2D eigenvalue weighted by molar-refractivity contribution is 0.00595. The lowest BCUT2D eigenvalue weighted by atomic mass is 9.84. The molecule has 1 fully saturated rings. The van der Waals surface area contributed by atoms with E-state index in [-0.39, 0.29) is 0 Å². The van der Waals surface area contributed by atoms with Gasteiger partial charge in [-0.15, -0.1) is 0 Å². The third-order valence-electron chi connectivity index (χ3n) is 6.48. The summed E-state index contributed by atoms with van der Waals surface area (Å²) in [7, 11) is 0. The van der Waals surface area contributed by atoms with E-state index >= 15 is 0 Å². The number of fused-ring (bicyclic) bond motifs is 2. The van der Waals surface area contributed by atoms with E-state index in [0.717, 1.165) is 70.3 Å². The van der Waals surface area contributed by atoms with E-state index in [9.17, 15) is 5.11 Å². The smallest absolute Gasteiger partial charge is 0.162 e. The first-order valence-corrected chi connectivity index (χ1v) is 10.9. The minimum atomic E-state index is -0.740. The quantitative estimate of drug-likeness (QED) is 0.457. The molecule has 32 heavy (non-hydrogen) atoms. The van der Waals surface area contributed by atoms with Crippen molar-refractivity contribution >= 4 is 16.6 Å². The molecule has 0 saturated carbocycles. The minimum Gasteiger partial charge on any atom is -0.385 e. The topological polar surface area (TPSA) is 75.3 Å². The summed E-state index contributed by atoms with van der Waals surface area (Å²) < 4.78 is 1.83. The molecule has 158 valence electrons. The first-order chi connectivity index (χ1) is 15.7. The summed E-state index contributed by atoms with van der Waals surface area (Å²) in [5.41, 5.74) is 6.09. The van der Waals surface area contributed by atoms with Crippen LogP contribution < -0.4 is 5.32 Å². The maximum atomic E-state index is 11.0. The highest BCUT2D eigenvalue weighted by Gasteiger charge is 2.30. The molecule has 0 bridgehead atoms. The number of hydrogen-bond acceptors (Lipinski definition) is 5. The number of aromatic nitrogens is 4. The molecule has 2 N–H and O–H groups in total. The van der Waals surface area contributed by atoms with Gasteiger partial charge >= 0.3 is 0 Å². The van der Waals surface area contributed by atoms with Crippen LogP contribution >= 0.6 is 0 Å². The highest BCUT2D eigenvalue weighted by Crippen LogP contribution is 2.33. The Hall–Kier alpha value is -3.61. The van der Waals surface area contributed by atoms with Crippen LogP contribution in [0, 0.1) is 0 Å². The third kappa shape index (κ3) is 3.16. The Kier molecular flexibility index (Phi) is 4.48. The van der Waals surface area contributed by atoms with Crippen LogP contribution in [0.3, 0.4) is 0 Å². The fourth-order valence-electron chi connectivity index (χ4n) is 4.65. The molecule has 6 rings (SSSR count). The van der Waals surface area contributed by atoms with Crippen molar-refractivity contribution in [3.05, 3.63) is 84.9 Å². The van der Waals surface area contributed by atoms with Crippen molar-refractivity contribution in [2.24, 2.45) is 0 Å². The van der Waals surface area contributed by atoms with Crippen molar-refractivity contribution in [3.63, 3.8) is 0 Å². The number of pyridine rings is 1. The Morgan fingerprint density at radius 3 is 2.50 bits per heavy atom. The van der Waals surface area contributed by atoms with Gasteiger partial charge in [0.05, 0.1) is 17.3 Å². The summed E-state index contributed by atoms with van der Waals surface area (Å²) in [6.07, 6.45) is 9.05. The molecule has 0 unspecified atom stereocenters. The average molecular weight is 422 g/mol. The number of aliphatic hydroxyl groups is 1. The Labute approximate surface area is 185 Å². The van der Waals surface area contributed by atoms with Crippen LogP contribution in [0.25, 0.3) is 38.8 Å². The van der Waals surface area contributed by atoms with Gasteiger partial charge in [-0.25, -0.2) is 9.50 Å². The van der Waals surface area contributed by atoms with Crippen molar-refractivity contribution in [2.75, 3.05) is 13.1 Å². The maximum absolute atomic E-state index is 11.0. The molecule has 5 aromatic rings. The fraction of sp³-hybridized carbons (Fsp3) is 0.192. The number of nitrogens with one attached hydrogen (secondary N) is 1. The summed E-state index contributed by atoms with van der Waals surface area (Å²) in [5, 5.41) is 19.9. The number of nitrogens with zero attached hydrogens (tertiary/aromatic N) is 4. The largest absolute Gasteiger partial charge is 0.385 e. The van der Waals surface area contributed by atoms with Gasteiger partial charge in [0.2, 0.25) is 0 Å². The zero-order valence-electron chi connectivity index (χ0n) is 17.6. The molecule has 2 aromatic carbocycles. The van der Waals surface area contributed by atoms with Crippen LogP contribution in [0.15, 0.2) is 79.4 Å². The highest BCUT2D eigenvalue weighted by molar-refractivity contribution is 5.97. The summed E-state index contributed by atoms with van der Waals surface area (Å²) >= 11 is 0.